The van der Waals surface area contributed by atoms with Crippen molar-refractivity contribution in [2.45, 2.75) is 17.9 Å². The largest absolute Gasteiger partial charge is 0.429 e. The molecule has 0 aromatic carbocycles. The fourth-order valence-electron chi connectivity index (χ4n) is 0.893. The molecule has 1 heterocycles. The predicted octanol–water partition coefficient (Wildman–Crippen LogP) is 3.10. The number of nitrogens with zero attached hydrogens (tertiary/aromatic N) is 2. The number of aliphatic imine (C=N–C) groups is 2. The van der Waals surface area contributed by atoms with Crippen LogP contribution in [0.4, 0.5) is 26.3 Å². The molecule has 1 aliphatic heterocycles. The molecule has 0 aliphatic carbocycles. The van der Waals surface area contributed by atoms with Gasteiger partial charge in [0, 0.05) is 0 Å². The molecule has 0 spiro atoms. The lowest BCUT2D eigenvalue weighted by Crippen LogP contribution is -2.58. The van der Waals surface area contributed by atoms with Gasteiger partial charge in [0.15, 0.2) is 5.17 Å². The normalized spacial score (nSPS) is 21.3. The summed E-state index contributed by atoms with van der Waals surface area (Å²) < 4.78 is 73.7. The second-order valence-electron chi connectivity index (χ2n) is 2.49. The molecule has 0 N–H and O–H groups in total. The van der Waals surface area contributed by atoms with Gasteiger partial charge in [0.05, 0.1) is 0 Å². The maximum Gasteiger partial charge on any atom is 0.429 e. The number of rotatable bonds is 0. The zero-order valence-corrected chi connectivity index (χ0v) is 7.93. The van der Waals surface area contributed by atoms with Crippen LogP contribution in [0.2, 0.25) is 0 Å². The minimum atomic E-state index is -5.75. The van der Waals surface area contributed by atoms with E-state index < -0.39 is 28.4 Å². The molecule has 0 saturated carbocycles. The van der Waals surface area contributed by atoms with Crippen LogP contribution in [0.15, 0.2) is 9.98 Å². The Bertz CT molecular complexity index is 326. The minimum Gasteiger partial charge on any atom is -0.223 e. The summed E-state index contributed by atoms with van der Waals surface area (Å²) in [6, 6.07) is 0. The van der Waals surface area contributed by atoms with E-state index in [2.05, 4.69) is 9.98 Å². The number of amidine groups is 1. The third kappa shape index (κ3) is 1.69. The third-order valence-electron chi connectivity index (χ3n) is 1.57. The molecule has 86 valence electrons. The fraction of sp³-hybridized carbons (Fsp3) is 0.600. The van der Waals surface area contributed by atoms with E-state index in [1.807, 2.05) is 0 Å². The van der Waals surface area contributed by atoms with Crippen molar-refractivity contribution in [3.05, 3.63) is 0 Å². The molecule has 1 aliphatic rings. The summed E-state index contributed by atoms with van der Waals surface area (Å²) in [5.41, 5.74) is -4.53. The van der Waals surface area contributed by atoms with E-state index in [1.165, 1.54) is 0 Å². The van der Waals surface area contributed by atoms with Gasteiger partial charge in [-0.25, -0.2) is 9.98 Å². The van der Waals surface area contributed by atoms with Crippen LogP contribution in [0.25, 0.3) is 0 Å². The van der Waals surface area contributed by atoms with Gasteiger partial charge in [0.25, 0.3) is 0 Å². The standard InChI is InChI=1S/C5Cl2F6N2/c6-1-3(4(8,9)10,5(11,12)13)15-2(7)14-1. The molecular weight excluding hydrogens is 273 g/mol. The lowest BCUT2D eigenvalue weighted by molar-refractivity contribution is -0.269. The van der Waals surface area contributed by atoms with Crippen molar-refractivity contribution in [1.29, 1.82) is 0 Å². The van der Waals surface area contributed by atoms with Crippen LogP contribution in [0, 0.1) is 0 Å². The van der Waals surface area contributed by atoms with Gasteiger partial charge in [-0.1, -0.05) is 11.6 Å². The molecule has 0 unspecified atom stereocenters. The van der Waals surface area contributed by atoms with Gasteiger partial charge in [-0.3, -0.25) is 0 Å². The Morgan fingerprint density at radius 3 is 1.47 bits per heavy atom. The van der Waals surface area contributed by atoms with Crippen molar-refractivity contribution in [3.8, 4) is 0 Å². The highest BCUT2D eigenvalue weighted by molar-refractivity contribution is 6.75. The molecule has 0 amide bonds. The van der Waals surface area contributed by atoms with E-state index in [4.69, 9.17) is 23.2 Å². The lowest BCUT2D eigenvalue weighted by Gasteiger charge is -2.29. The molecule has 0 bridgehead atoms. The number of alkyl halides is 6. The molecular formula is C5Cl2F6N2. The summed E-state index contributed by atoms with van der Waals surface area (Å²) in [5, 5.41) is -2.94. The molecule has 10 heteroatoms. The van der Waals surface area contributed by atoms with Gasteiger partial charge in [0.2, 0.25) is 5.29 Å². The SMILES string of the molecule is FC(F)(F)C1(C(F)(F)F)N=C(Cl)N=C1Cl. The zero-order chi connectivity index (χ0) is 12.1. The zero-order valence-electron chi connectivity index (χ0n) is 6.42. The molecule has 0 atom stereocenters. The van der Waals surface area contributed by atoms with Crippen LogP contribution in [0.1, 0.15) is 0 Å². The number of hydrogen-bond donors (Lipinski definition) is 0. The second kappa shape index (κ2) is 3.24. The highest BCUT2D eigenvalue weighted by atomic mass is 35.5. The van der Waals surface area contributed by atoms with Gasteiger partial charge >= 0.3 is 17.9 Å². The number of hydrogen-bond acceptors (Lipinski definition) is 2. The third-order valence-corrected chi connectivity index (χ3v) is 2.10. The molecule has 0 saturated heterocycles. The van der Waals surface area contributed by atoms with E-state index in [0.29, 0.717) is 0 Å². The van der Waals surface area contributed by atoms with Crippen molar-refractivity contribution in [2.24, 2.45) is 9.98 Å². The van der Waals surface area contributed by atoms with Crippen molar-refractivity contribution >= 4 is 33.7 Å². The first-order chi connectivity index (χ1) is 6.52. The summed E-state index contributed by atoms with van der Waals surface area (Å²) in [6.45, 7) is 0. The summed E-state index contributed by atoms with van der Waals surface area (Å²) in [4.78, 5) is 4.87. The molecule has 0 fully saturated rings. The maximum atomic E-state index is 12.3. The Labute approximate surface area is 88.6 Å². The van der Waals surface area contributed by atoms with E-state index in [1.54, 1.807) is 0 Å². The van der Waals surface area contributed by atoms with Gasteiger partial charge in [0.1, 0.15) is 0 Å². The smallest absolute Gasteiger partial charge is 0.223 e. The molecule has 0 aromatic rings. The van der Waals surface area contributed by atoms with Crippen molar-refractivity contribution in [1.82, 2.24) is 0 Å². The second-order valence-corrected chi connectivity index (χ2v) is 3.19. The molecule has 0 aromatic heterocycles. The Kier molecular flexibility index (Phi) is 2.72. The average molecular weight is 273 g/mol. The van der Waals surface area contributed by atoms with Gasteiger partial charge in [-0.15, -0.1) is 0 Å². The average Bonchev–Trinajstić information content (AvgIpc) is 2.23. The number of halogens is 8. The van der Waals surface area contributed by atoms with Crippen molar-refractivity contribution in [3.63, 3.8) is 0 Å². The maximum absolute atomic E-state index is 12.3. The first-order valence-electron chi connectivity index (χ1n) is 3.16. The van der Waals surface area contributed by atoms with Gasteiger partial charge in [-0.05, 0) is 11.6 Å². The molecule has 15 heavy (non-hydrogen) atoms. The Morgan fingerprint density at radius 1 is 0.933 bits per heavy atom. The topological polar surface area (TPSA) is 24.7 Å². The Balaban J connectivity index is 3.43. The summed E-state index contributed by atoms with van der Waals surface area (Å²) in [7, 11) is 0. The summed E-state index contributed by atoms with van der Waals surface area (Å²) >= 11 is 9.69. The quantitative estimate of drug-likeness (QED) is 0.478. The van der Waals surface area contributed by atoms with Gasteiger partial charge < -0.3 is 0 Å². The highest BCUT2D eigenvalue weighted by Gasteiger charge is 2.76. The van der Waals surface area contributed by atoms with Crippen LogP contribution in [-0.4, -0.2) is 28.4 Å². The molecule has 0 radical (unpaired) electrons. The first kappa shape index (κ1) is 12.6. The van der Waals surface area contributed by atoms with Crippen molar-refractivity contribution < 1.29 is 26.3 Å². The van der Waals surface area contributed by atoms with E-state index >= 15 is 0 Å². The Hall–Kier alpha value is -0.500. The lowest BCUT2D eigenvalue weighted by atomic mass is 10.0. The summed E-state index contributed by atoms with van der Waals surface area (Å²) in [5.74, 6) is 0. The van der Waals surface area contributed by atoms with Crippen molar-refractivity contribution in [2.75, 3.05) is 0 Å². The van der Waals surface area contributed by atoms with E-state index in [9.17, 15) is 26.3 Å². The van der Waals surface area contributed by atoms with Crippen LogP contribution < -0.4 is 0 Å². The predicted molar refractivity (Wildman–Crippen MR) is 41.4 cm³/mol. The minimum absolute atomic E-state index is 1.19. The molecule has 1 rings (SSSR count). The van der Waals surface area contributed by atoms with Crippen LogP contribution in [0.3, 0.4) is 0 Å². The van der Waals surface area contributed by atoms with Crippen LogP contribution >= 0.6 is 23.2 Å². The molecule has 2 nitrogen and oxygen atoms in total. The van der Waals surface area contributed by atoms with E-state index in [0.717, 1.165) is 0 Å². The highest BCUT2D eigenvalue weighted by Crippen LogP contribution is 2.50. The summed E-state index contributed by atoms with van der Waals surface area (Å²) in [6.07, 6.45) is -11.5. The van der Waals surface area contributed by atoms with Crippen LogP contribution in [-0.2, 0) is 0 Å². The van der Waals surface area contributed by atoms with E-state index in [-0.39, 0.29) is 0 Å². The first-order valence-corrected chi connectivity index (χ1v) is 3.91. The van der Waals surface area contributed by atoms with Gasteiger partial charge in [-0.2, -0.15) is 26.3 Å². The monoisotopic (exact) mass is 272 g/mol. The fourth-order valence-corrected chi connectivity index (χ4v) is 1.48. The Morgan fingerprint density at radius 2 is 1.33 bits per heavy atom. The van der Waals surface area contributed by atoms with Crippen LogP contribution in [0.5, 0.6) is 0 Å².